The molecule has 21 heavy (non-hydrogen) atoms. The third-order valence-corrected chi connectivity index (χ3v) is 4.84. The van der Waals surface area contributed by atoms with Crippen LogP contribution in [0, 0.1) is 0 Å². The van der Waals surface area contributed by atoms with Gasteiger partial charge >= 0.3 is 0 Å². The van der Waals surface area contributed by atoms with E-state index < -0.39 is 21.5 Å². The number of rotatable bonds is 7. The number of amides is 1. The molecule has 0 aliphatic rings. The Kier molecular flexibility index (Phi) is 5.49. The van der Waals surface area contributed by atoms with E-state index in [1.807, 2.05) is 19.9 Å². The lowest BCUT2D eigenvalue weighted by Crippen LogP contribution is -2.52. The Morgan fingerprint density at radius 2 is 2.00 bits per heavy atom. The van der Waals surface area contributed by atoms with Gasteiger partial charge in [0.25, 0.3) is 0 Å². The zero-order chi connectivity index (χ0) is 16.3. The lowest BCUT2D eigenvalue weighted by molar-refractivity contribution is -0.122. The molecule has 0 bridgehead atoms. The molecule has 6 nitrogen and oxygen atoms in total. The Hall–Kier alpha value is -1.44. The Morgan fingerprint density at radius 1 is 1.38 bits per heavy atom. The Labute approximate surface area is 126 Å². The van der Waals surface area contributed by atoms with Crippen LogP contribution in [-0.2, 0) is 14.8 Å². The number of benzene rings is 1. The molecule has 0 aliphatic carbocycles. The van der Waals surface area contributed by atoms with Gasteiger partial charge in [0.2, 0.25) is 15.9 Å². The Bertz CT molecular complexity index is 612. The Morgan fingerprint density at radius 3 is 2.52 bits per heavy atom. The summed E-state index contributed by atoms with van der Waals surface area (Å²) >= 11 is 0. The summed E-state index contributed by atoms with van der Waals surface area (Å²) in [6.45, 7) is 7.57. The summed E-state index contributed by atoms with van der Waals surface area (Å²) in [5, 5.41) is 3.22. The fourth-order valence-electron chi connectivity index (χ4n) is 1.82. The highest BCUT2D eigenvalue weighted by molar-refractivity contribution is 7.89. The fourth-order valence-corrected chi connectivity index (χ4v) is 3.26. The SMILES string of the molecule is CCNC(C)c1cccc(S(=O)(=O)NC(C)(C)C(N)=O)c1. The van der Waals surface area contributed by atoms with E-state index in [4.69, 9.17) is 5.73 Å². The third-order valence-electron chi connectivity index (χ3n) is 3.18. The molecule has 1 amide bonds. The van der Waals surface area contributed by atoms with Gasteiger partial charge in [-0.15, -0.1) is 0 Å². The van der Waals surface area contributed by atoms with Crippen molar-refractivity contribution in [3.8, 4) is 0 Å². The van der Waals surface area contributed by atoms with Crippen molar-refractivity contribution in [2.24, 2.45) is 5.73 Å². The van der Waals surface area contributed by atoms with E-state index in [0.29, 0.717) is 0 Å². The van der Waals surface area contributed by atoms with Crippen LogP contribution in [0.15, 0.2) is 29.2 Å². The molecule has 1 aromatic rings. The van der Waals surface area contributed by atoms with Crippen molar-refractivity contribution in [3.05, 3.63) is 29.8 Å². The van der Waals surface area contributed by atoms with Crippen molar-refractivity contribution in [1.29, 1.82) is 0 Å². The lowest BCUT2D eigenvalue weighted by atomic mass is 10.1. The predicted octanol–water partition coefficient (Wildman–Crippen LogP) is 0.899. The molecule has 0 aliphatic heterocycles. The summed E-state index contributed by atoms with van der Waals surface area (Å²) in [5.41, 5.74) is 4.71. The highest BCUT2D eigenvalue weighted by Crippen LogP contribution is 2.19. The van der Waals surface area contributed by atoms with Crippen LogP contribution in [0.2, 0.25) is 0 Å². The third kappa shape index (κ3) is 4.52. The maximum Gasteiger partial charge on any atom is 0.241 e. The minimum absolute atomic E-state index is 0.0364. The molecular weight excluding hydrogens is 290 g/mol. The smallest absolute Gasteiger partial charge is 0.241 e. The quantitative estimate of drug-likeness (QED) is 0.696. The molecule has 0 spiro atoms. The first-order valence-electron chi connectivity index (χ1n) is 6.77. The topological polar surface area (TPSA) is 101 Å². The molecule has 1 rings (SSSR count). The second-order valence-corrected chi connectivity index (χ2v) is 7.13. The summed E-state index contributed by atoms with van der Waals surface area (Å²) in [7, 11) is -3.81. The van der Waals surface area contributed by atoms with Crippen LogP contribution < -0.4 is 15.8 Å². The normalized spacial score (nSPS) is 13.9. The van der Waals surface area contributed by atoms with Gasteiger partial charge in [-0.25, -0.2) is 8.42 Å². The van der Waals surface area contributed by atoms with Crippen molar-refractivity contribution in [1.82, 2.24) is 10.0 Å². The maximum absolute atomic E-state index is 12.3. The number of carbonyl (C=O) groups is 1. The molecule has 118 valence electrons. The molecule has 1 atom stereocenters. The van der Waals surface area contributed by atoms with Crippen molar-refractivity contribution >= 4 is 15.9 Å². The molecule has 0 saturated carbocycles. The van der Waals surface area contributed by atoms with Crippen LogP contribution in [0.5, 0.6) is 0 Å². The Balaban J connectivity index is 3.10. The van der Waals surface area contributed by atoms with Crippen LogP contribution in [0.3, 0.4) is 0 Å². The fraction of sp³-hybridized carbons (Fsp3) is 0.500. The average molecular weight is 313 g/mol. The van der Waals surface area contributed by atoms with Gasteiger partial charge in [-0.05, 0) is 45.0 Å². The van der Waals surface area contributed by atoms with Gasteiger partial charge in [0.05, 0.1) is 4.90 Å². The van der Waals surface area contributed by atoms with Gasteiger partial charge in [0.15, 0.2) is 0 Å². The molecule has 0 fully saturated rings. The maximum atomic E-state index is 12.3. The number of sulfonamides is 1. The van der Waals surface area contributed by atoms with Crippen LogP contribution in [0.4, 0.5) is 0 Å². The number of hydrogen-bond acceptors (Lipinski definition) is 4. The molecule has 7 heteroatoms. The average Bonchev–Trinajstić information content (AvgIpc) is 2.38. The number of primary amides is 1. The van der Waals surface area contributed by atoms with Gasteiger partial charge in [-0.1, -0.05) is 19.1 Å². The molecule has 1 aromatic carbocycles. The summed E-state index contributed by atoms with van der Waals surface area (Å²) in [6, 6.07) is 6.64. The molecule has 4 N–H and O–H groups in total. The van der Waals surface area contributed by atoms with Crippen molar-refractivity contribution in [3.63, 3.8) is 0 Å². The largest absolute Gasteiger partial charge is 0.368 e. The molecular formula is C14H23N3O3S. The number of nitrogens with two attached hydrogens (primary N) is 1. The molecule has 0 aromatic heterocycles. The first-order valence-corrected chi connectivity index (χ1v) is 8.25. The number of hydrogen-bond donors (Lipinski definition) is 3. The van der Waals surface area contributed by atoms with Crippen LogP contribution in [0.1, 0.15) is 39.3 Å². The standard InChI is InChI=1S/C14H23N3O3S/c1-5-16-10(2)11-7-6-8-12(9-11)21(19,20)17-14(3,4)13(15)18/h6-10,16-17H,5H2,1-4H3,(H2,15,18). The van der Waals surface area contributed by atoms with Crippen molar-refractivity contribution < 1.29 is 13.2 Å². The second kappa shape index (κ2) is 6.55. The lowest BCUT2D eigenvalue weighted by Gasteiger charge is -2.22. The van der Waals surface area contributed by atoms with Crippen molar-refractivity contribution in [2.45, 2.75) is 44.2 Å². The second-order valence-electron chi connectivity index (χ2n) is 5.45. The van der Waals surface area contributed by atoms with Crippen LogP contribution in [0.25, 0.3) is 0 Å². The highest BCUT2D eigenvalue weighted by Gasteiger charge is 2.31. The van der Waals surface area contributed by atoms with E-state index in [2.05, 4.69) is 10.0 Å². The molecule has 1 unspecified atom stereocenters. The molecule has 0 heterocycles. The van der Waals surface area contributed by atoms with Gasteiger partial charge in [-0.2, -0.15) is 4.72 Å². The van der Waals surface area contributed by atoms with Crippen molar-refractivity contribution in [2.75, 3.05) is 6.54 Å². The van der Waals surface area contributed by atoms with E-state index in [1.165, 1.54) is 19.9 Å². The van der Waals surface area contributed by atoms with Gasteiger partial charge in [-0.3, -0.25) is 4.79 Å². The zero-order valence-electron chi connectivity index (χ0n) is 12.8. The summed E-state index contributed by atoms with van der Waals surface area (Å²) in [6.07, 6.45) is 0. The van der Waals surface area contributed by atoms with Crippen LogP contribution >= 0.6 is 0 Å². The zero-order valence-corrected chi connectivity index (χ0v) is 13.6. The molecule has 0 saturated heterocycles. The van der Waals surface area contributed by atoms with E-state index in [-0.39, 0.29) is 10.9 Å². The molecule has 0 radical (unpaired) electrons. The first kappa shape index (κ1) is 17.6. The van der Waals surface area contributed by atoms with Gasteiger partial charge < -0.3 is 11.1 Å². The highest BCUT2D eigenvalue weighted by atomic mass is 32.2. The van der Waals surface area contributed by atoms with Gasteiger partial charge in [0.1, 0.15) is 5.54 Å². The minimum Gasteiger partial charge on any atom is -0.368 e. The van der Waals surface area contributed by atoms with E-state index in [1.54, 1.807) is 12.1 Å². The van der Waals surface area contributed by atoms with E-state index in [9.17, 15) is 13.2 Å². The summed E-state index contributed by atoms with van der Waals surface area (Å²) in [5.74, 6) is -0.733. The summed E-state index contributed by atoms with van der Waals surface area (Å²) < 4.78 is 27.0. The minimum atomic E-state index is -3.81. The monoisotopic (exact) mass is 313 g/mol. The van der Waals surface area contributed by atoms with Crippen LogP contribution in [-0.4, -0.2) is 26.4 Å². The number of nitrogens with one attached hydrogen (secondary N) is 2. The predicted molar refractivity (Wildman–Crippen MR) is 82.1 cm³/mol. The van der Waals surface area contributed by atoms with E-state index in [0.717, 1.165) is 12.1 Å². The van der Waals surface area contributed by atoms with Gasteiger partial charge in [0, 0.05) is 6.04 Å². The summed E-state index contributed by atoms with van der Waals surface area (Å²) in [4.78, 5) is 11.4. The first-order chi connectivity index (χ1) is 9.60. The number of carbonyl (C=O) groups excluding carboxylic acids is 1. The van der Waals surface area contributed by atoms with E-state index >= 15 is 0 Å².